The van der Waals surface area contributed by atoms with Crippen LogP contribution in [0.4, 0.5) is 5.69 Å². The van der Waals surface area contributed by atoms with Crippen LogP contribution in [-0.4, -0.2) is 17.6 Å². The van der Waals surface area contributed by atoms with Crippen LogP contribution in [0.5, 0.6) is 0 Å². The molecule has 0 fully saturated rings. The van der Waals surface area contributed by atoms with Crippen molar-refractivity contribution in [3.05, 3.63) is 40.9 Å². The standard InChI is InChI=1S/C11H10N4O2S/c12-5-7(10(16)15-17)6-13-11-14-8-3-1-2-4-9(8)18-11/h1-6,11,14H,12H2. The van der Waals surface area contributed by atoms with Gasteiger partial charge in [-0.25, -0.2) is 0 Å². The number of amides is 1. The molecule has 6 nitrogen and oxygen atoms in total. The van der Waals surface area contributed by atoms with Crippen molar-refractivity contribution in [1.29, 1.82) is 0 Å². The molecule has 0 radical (unpaired) electrons. The maximum Gasteiger partial charge on any atom is 0.319 e. The van der Waals surface area contributed by atoms with Crippen molar-refractivity contribution in [3.8, 4) is 0 Å². The Morgan fingerprint density at radius 2 is 2.22 bits per heavy atom. The molecule has 1 atom stereocenters. The lowest BCUT2D eigenvalue weighted by atomic mass is 10.3. The van der Waals surface area contributed by atoms with Gasteiger partial charge in [-0.3, -0.25) is 9.79 Å². The summed E-state index contributed by atoms with van der Waals surface area (Å²) in [5.41, 5.74) is 5.94. The molecule has 1 aliphatic rings. The van der Waals surface area contributed by atoms with Crippen LogP contribution in [0, 0.1) is 4.91 Å². The van der Waals surface area contributed by atoms with E-state index < -0.39 is 5.91 Å². The number of nitrogens with one attached hydrogen (secondary N) is 1. The number of para-hydroxylation sites is 1. The van der Waals surface area contributed by atoms with Crippen LogP contribution in [0.2, 0.25) is 0 Å². The molecule has 0 saturated heterocycles. The smallest absolute Gasteiger partial charge is 0.319 e. The zero-order chi connectivity index (χ0) is 13.0. The maximum absolute atomic E-state index is 11.0. The van der Waals surface area contributed by atoms with Crippen LogP contribution < -0.4 is 11.1 Å². The SMILES string of the molecule is NC=C(C=NC1Nc2ccccc2S1)C(=O)N=O. The molecule has 3 N–H and O–H groups in total. The molecule has 7 heteroatoms. The van der Waals surface area contributed by atoms with Gasteiger partial charge in [-0.05, 0) is 12.1 Å². The van der Waals surface area contributed by atoms with E-state index in [4.69, 9.17) is 5.73 Å². The quantitative estimate of drug-likeness (QED) is 0.491. The average molecular weight is 262 g/mol. The van der Waals surface area contributed by atoms with Crippen molar-refractivity contribution < 1.29 is 4.79 Å². The van der Waals surface area contributed by atoms with Gasteiger partial charge in [0.15, 0.2) is 5.50 Å². The molecule has 1 heterocycles. The molecule has 1 unspecified atom stereocenters. The van der Waals surface area contributed by atoms with Gasteiger partial charge >= 0.3 is 5.91 Å². The number of thioether (sulfide) groups is 1. The van der Waals surface area contributed by atoms with Crippen molar-refractivity contribution in [2.24, 2.45) is 15.9 Å². The maximum atomic E-state index is 11.0. The van der Waals surface area contributed by atoms with Gasteiger partial charge in [-0.1, -0.05) is 23.9 Å². The number of anilines is 1. The molecule has 1 aromatic carbocycles. The Bertz CT molecular complexity index is 517. The number of fused-ring (bicyclic) bond motifs is 1. The summed E-state index contributed by atoms with van der Waals surface area (Å²) in [5, 5.41) is 5.44. The predicted molar refractivity (Wildman–Crippen MR) is 71.3 cm³/mol. The highest BCUT2D eigenvalue weighted by atomic mass is 32.2. The minimum atomic E-state index is -0.929. The van der Waals surface area contributed by atoms with E-state index in [0.717, 1.165) is 16.8 Å². The number of carbonyl (C=O) groups excluding carboxylic acids is 1. The Morgan fingerprint density at radius 1 is 1.44 bits per heavy atom. The zero-order valence-electron chi connectivity index (χ0n) is 9.24. The number of nitroso groups, excluding NO2 is 1. The number of rotatable bonds is 3. The first-order chi connectivity index (χ1) is 8.74. The first-order valence-electron chi connectivity index (χ1n) is 5.09. The first-order valence-corrected chi connectivity index (χ1v) is 5.97. The van der Waals surface area contributed by atoms with E-state index in [2.05, 4.69) is 15.5 Å². The molecular formula is C11H10N4O2S. The number of hydrogen-bond donors (Lipinski definition) is 2. The zero-order valence-corrected chi connectivity index (χ0v) is 10.1. The monoisotopic (exact) mass is 262 g/mol. The molecule has 1 aliphatic heterocycles. The summed E-state index contributed by atoms with van der Waals surface area (Å²) in [6.45, 7) is 0. The Kier molecular flexibility index (Phi) is 3.73. The number of nitrogens with two attached hydrogens (primary N) is 1. The van der Waals surface area contributed by atoms with Crippen LogP contribution in [0.25, 0.3) is 0 Å². The second-order valence-corrected chi connectivity index (χ2v) is 4.53. The summed E-state index contributed by atoms with van der Waals surface area (Å²) in [7, 11) is 0. The third-order valence-electron chi connectivity index (χ3n) is 2.26. The molecule has 2 rings (SSSR count). The Labute approximate surface area is 107 Å². The van der Waals surface area contributed by atoms with E-state index in [0.29, 0.717) is 0 Å². The summed E-state index contributed by atoms with van der Waals surface area (Å²) >= 11 is 1.51. The van der Waals surface area contributed by atoms with Crippen LogP contribution in [0.3, 0.4) is 0 Å². The number of aliphatic imine (C=N–C) groups is 1. The fraction of sp³-hybridized carbons (Fsp3) is 0.0909. The van der Waals surface area contributed by atoms with E-state index in [1.54, 1.807) is 0 Å². The van der Waals surface area contributed by atoms with Crippen molar-refractivity contribution in [2.75, 3.05) is 5.32 Å². The summed E-state index contributed by atoms with van der Waals surface area (Å²) in [5.74, 6) is -0.929. The lowest BCUT2D eigenvalue weighted by Gasteiger charge is -2.03. The number of hydrogen-bond acceptors (Lipinski definition) is 6. The highest BCUT2D eigenvalue weighted by molar-refractivity contribution is 8.00. The highest BCUT2D eigenvalue weighted by Gasteiger charge is 2.19. The number of carbonyl (C=O) groups is 1. The second kappa shape index (κ2) is 5.46. The summed E-state index contributed by atoms with van der Waals surface area (Å²) in [6, 6.07) is 7.77. The van der Waals surface area contributed by atoms with Gasteiger partial charge in [0.05, 0.1) is 11.3 Å². The molecule has 0 aromatic heterocycles. The fourth-order valence-corrected chi connectivity index (χ4v) is 2.37. The second-order valence-electron chi connectivity index (χ2n) is 3.41. The predicted octanol–water partition coefficient (Wildman–Crippen LogP) is 1.69. The molecular weight excluding hydrogens is 252 g/mol. The lowest BCUT2D eigenvalue weighted by molar-refractivity contribution is -0.114. The third kappa shape index (κ3) is 2.57. The van der Waals surface area contributed by atoms with Gasteiger partial charge in [0, 0.05) is 22.5 Å². The molecule has 18 heavy (non-hydrogen) atoms. The van der Waals surface area contributed by atoms with Crippen LogP contribution in [0.15, 0.2) is 51.1 Å². The minimum Gasteiger partial charge on any atom is -0.404 e. The summed E-state index contributed by atoms with van der Waals surface area (Å²) in [6.07, 6.45) is 2.26. The van der Waals surface area contributed by atoms with E-state index in [1.807, 2.05) is 24.3 Å². The normalized spacial score (nSPS) is 18.4. The molecule has 0 saturated carbocycles. The number of benzene rings is 1. The average Bonchev–Trinajstić information content (AvgIpc) is 2.81. The van der Waals surface area contributed by atoms with Crippen LogP contribution in [0.1, 0.15) is 0 Å². The van der Waals surface area contributed by atoms with Gasteiger partial charge in [-0.2, -0.15) is 0 Å². The van der Waals surface area contributed by atoms with Gasteiger partial charge in [0.2, 0.25) is 0 Å². The van der Waals surface area contributed by atoms with Crippen LogP contribution in [-0.2, 0) is 4.79 Å². The largest absolute Gasteiger partial charge is 0.404 e. The van der Waals surface area contributed by atoms with Gasteiger partial charge < -0.3 is 11.1 Å². The molecule has 1 aromatic rings. The Balaban J connectivity index is 2.05. The number of nitrogens with zero attached hydrogens (tertiary/aromatic N) is 2. The van der Waals surface area contributed by atoms with E-state index >= 15 is 0 Å². The van der Waals surface area contributed by atoms with E-state index in [1.165, 1.54) is 18.0 Å². The van der Waals surface area contributed by atoms with Gasteiger partial charge in [0.1, 0.15) is 0 Å². The summed E-state index contributed by atoms with van der Waals surface area (Å²) < 4.78 is 0. The van der Waals surface area contributed by atoms with Crippen molar-refractivity contribution in [1.82, 2.24) is 0 Å². The van der Waals surface area contributed by atoms with Gasteiger partial charge in [0.25, 0.3) is 0 Å². The van der Waals surface area contributed by atoms with Crippen LogP contribution >= 0.6 is 11.8 Å². The van der Waals surface area contributed by atoms with E-state index in [-0.39, 0.29) is 11.1 Å². The van der Waals surface area contributed by atoms with Crippen molar-refractivity contribution in [2.45, 2.75) is 10.4 Å². The Morgan fingerprint density at radius 3 is 2.89 bits per heavy atom. The Hall–Kier alpha value is -2.15. The fourth-order valence-electron chi connectivity index (χ4n) is 1.41. The highest BCUT2D eigenvalue weighted by Crippen LogP contribution is 2.38. The molecule has 0 bridgehead atoms. The minimum absolute atomic E-state index is 0.0247. The lowest BCUT2D eigenvalue weighted by Crippen LogP contribution is -2.09. The molecule has 0 spiro atoms. The topological polar surface area (TPSA) is 96.9 Å². The van der Waals surface area contributed by atoms with Crippen molar-refractivity contribution >= 4 is 29.6 Å². The summed E-state index contributed by atoms with van der Waals surface area (Å²) in [4.78, 5) is 26.3. The van der Waals surface area contributed by atoms with Gasteiger partial charge in [-0.15, -0.1) is 4.91 Å². The molecule has 1 amide bonds. The van der Waals surface area contributed by atoms with E-state index in [9.17, 15) is 9.70 Å². The third-order valence-corrected chi connectivity index (χ3v) is 3.34. The first kappa shape index (κ1) is 12.3. The van der Waals surface area contributed by atoms with Crippen molar-refractivity contribution in [3.63, 3.8) is 0 Å². The molecule has 92 valence electrons. The molecule has 0 aliphatic carbocycles.